The van der Waals surface area contributed by atoms with Gasteiger partial charge in [-0.1, -0.05) is 30.3 Å². The number of ether oxygens (including phenoxy) is 4. The van der Waals surface area contributed by atoms with Gasteiger partial charge in [0, 0.05) is 5.56 Å². The topological polar surface area (TPSA) is 115 Å². The Balaban J connectivity index is 1.95. The van der Waals surface area contributed by atoms with Gasteiger partial charge in [0.2, 0.25) is 17.5 Å². The van der Waals surface area contributed by atoms with Crippen LogP contribution in [0.25, 0.3) is 11.3 Å². The molecule has 4 rings (SSSR count). The predicted molar refractivity (Wildman–Crippen MR) is 109 cm³/mol. The molecule has 0 unspecified atom stereocenters. The van der Waals surface area contributed by atoms with Crippen molar-refractivity contribution in [3.05, 3.63) is 65.0 Å². The average molecular weight is 404 g/mol. The molecule has 1 aliphatic rings. The van der Waals surface area contributed by atoms with Crippen molar-refractivity contribution in [2.24, 2.45) is 5.73 Å². The Morgan fingerprint density at radius 2 is 1.73 bits per heavy atom. The van der Waals surface area contributed by atoms with Gasteiger partial charge in [-0.25, -0.2) is 0 Å². The second-order valence-electron chi connectivity index (χ2n) is 6.57. The third kappa shape index (κ3) is 2.97. The number of aromatic amines is 1. The first-order chi connectivity index (χ1) is 14.6. The zero-order chi connectivity index (χ0) is 21.3. The molecule has 0 amide bonds. The summed E-state index contributed by atoms with van der Waals surface area (Å²) in [6.45, 7) is 0. The fraction of sp³-hybridized carbons (Fsp3) is 0.182. The molecule has 0 saturated carbocycles. The number of hydrogen-bond acceptors (Lipinski definition) is 7. The van der Waals surface area contributed by atoms with Crippen molar-refractivity contribution in [1.82, 2.24) is 10.2 Å². The number of nitrogens with two attached hydrogens (primary N) is 1. The van der Waals surface area contributed by atoms with E-state index in [0.717, 1.165) is 11.1 Å². The molecule has 0 radical (unpaired) electrons. The van der Waals surface area contributed by atoms with Crippen molar-refractivity contribution in [3.8, 4) is 40.5 Å². The maximum Gasteiger partial charge on any atom is 0.244 e. The van der Waals surface area contributed by atoms with E-state index in [-0.39, 0.29) is 5.88 Å². The Morgan fingerprint density at radius 1 is 1.07 bits per heavy atom. The smallest absolute Gasteiger partial charge is 0.244 e. The van der Waals surface area contributed by atoms with Gasteiger partial charge in [-0.05, 0) is 17.7 Å². The summed E-state index contributed by atoms with van der Waals surface area (Å²) >= 11 is 0. The summed E-state index contributed by atoms with van der Waals surface area (Å²) in [7, 11) is 4.65. The summed E-state index contributed by atoms with van der Waals surface area (Å²) in [4.78, 5) is 0. The Bertz CT molecular complexity index is 1140. The Hall–Kier alpha value is -4.12. The highest BCUT2D eigenvalue weighted by Crippen LogP contribution is 2.48. The van der Waals surface area contributed by atoms with E-state index < -0.39 is 5.92 Å². The maximum absolute atomic E-state index is 9.80. The molecule has 8 nitrogen and oxygen atoms in total. The molecular formula is C22H20N4O4. The van der Waals surface area contributed by atoms with Gasteiger partial charge in [0.1, 0.15) is 11.6 Å². The van der Waals surface area contributed by atoms with Crippen LogP contribution in [0.2, 0.25) is 0 Å². The minimum atomic E-state index is -0.437. The van der Waals surface area contributed by atoms with Gasteiger partial charge >= 0.3 is 0 Å². The van der Waals surface area contributed by atoms with Gasteiger partial charge in [-0.3, -0.25) is 5.10 Å². The minimum Gasteiger partial charge on any atom is -0.493 e. The lowest BCUT2D eigenvalue weighted by Crippen LogP contribution is -2.20. The molecule has 0 aliphatic carbocycles. The number of rotatable bonds is 5. The molecule has 0 fully saturated rings. The van der Waals surface area contributed by atoms with Gasteiger partial charge < -0.3 is 24.7 Å². The van der Waals surface area contributed by atoms with E-state index in [0.29, 0.717) is 40.0 Å². The molecule has 3 N–H and O–H groups in total. The van der Waals surface area contributed by atoms with Crippen molar-refractivity contribution in [2.45, 2.75) is 5.92 Å². The van der Waals surface area contributed by atoms with Crippen LogP contribution in [0.15, 0.2) is 53.9 Å². The van der Waals surface area contributed by atoms with Crippen LogP contribution in [0.3, 0.4) is 0 Å². The third-order valence-corrected chi connectivity index (χ3v) is 5.03. The van der Waals surface area contributed by atoms with Crippen molar-refractivity contribution < 1.29 is 18.9 Å². The standard InChI is InChI=1S/C22H20N4O4/c1-27-15-9-13(10-16(28-2)20(15)29-3)19-18-17(12-7-5-4-6-8-12)14(11-23)21(24)30-22(18)26-25-19/h4-10,17H,24H2,1-3H3,(H,25,26)/t17-/m0/s1. The molecule has 1 aliphatic heterocycles. The summed E-state index contributed by atoms with van der Waals surface area (Å²) < 4.78 is 22.0. The number of nitrogens with zero attached hydrogens (tertiary/aromatic N) is 2. The van der Waals surface area contributed by atoms with E-state index in [2.05, 4.69) is 16.3 Å². The molecule has 0 spiro atoms. The average Bonchev–Trinajstić information content (AvgIpc) is 3.20. The van der Waals surface area contributed by atoms with Crippen molar-refractivity contribution in [1.29, 1.82) is 5.26 Å². The number of nitriles is 1. The molecule has 152 valence electrons. The Labute approximate surface area is 173 Å². The lowest BCUT2D eigenvalue weighted by molar-refractivity contribution is 0.324. The fourth-order valence-corrected chi connectivity index (χ4v) is 3.67. The van der Waals surface area contributed by atoms with Gasteiger partial charge in [-0.15, -0.1) is 5.10 Å². The molecule has 2 aromatic carbocycles. The molecular weight excluding hydrogens is 384 g/mol. The van der Waals surface area contributed by atoms with Gasteiger partial charge in [0.15, 0.2) is 11.5 Å². The fourth-order valence-electron chi connectivity index (χ4n) is 3.67. The first kappa shape index (κ1) is 19.2. The number of H-pyrrole nitrogens is 1. The van der Waals surface area contributed by atoms with Crippen molar-refractivity contribution >= 4 is 0 Å². The first-order valence-corrected chi connectivity index (χ1v) is 9.14. The normalized spacial score (nSPS) is 15.1. The number of nitrogens with one attached hydrogen (secondary N) is 1. The summed E-state index contributed by atoms with van der Waals surface area (Å²) in [5.41, 5.74) is 9.37. The second-order valence-corrected chi connectivity index (χ2v) is 6.57. The number of fused-ring (bicyclic) bond motifs is 1. The molecule has 8 heteroatoms. The molecule has 0 bridgehead atoms. The largest absolute Gasteiger partial charge is 0.493 e. The highest BCUT2D eigenvalue weighted by Gasteiger charge is 2.35. The highest BCUT2D eigenvalue weighted by atomic mass is 16.5. The molecule has 1 aromatic heterocycles. The van der Waals surface area contributed by atoms with E-state index in [1.54, 1.807) is 21.3 Å². The number of methoxy groups -OCH3 is 3. The van der Waals surface area contributed by atoms with Crippen LogP contribution in [0, 0.1) is 11.3 Å². The van der Waals surface area contributed by atoms with E-state index in [1.807, 2.05) is 42.5 Å². The molecule has 1 atom stereocenters. The maximum atomic E-state index is 9.80. The van der Waals surface area contributed by atoms with E-state index >= 15 is 0 Å². The zero-order valence-corrected chi connectivity index (χ0v) is 16.7. The molecule has 3 aromatic rings. The van der Waals surface area contributed by atoms with Gasteiger partial charge in [0.05, 0.1) is 38.5 Å². The lowest BCUT2D eigenvalue weighted by Gasteiger charge is -2.24. The Morgan fingerprint density at radius 3 is 2.30 bits per heavy atom. The lowest BCUT2D eigenvalue weighted by atomic mass is 9.83. The zero-order valence-electron chi connectivity index (χ0n) is 16.7. The molecule has 2 heterocycles. The number of hydrogen-bond donors (Lipinski definition) is 2. The summed E-state index contributed by atoms with van der Waals surface area (Å²) in [6, 6.07) is 15.4. The van der Waals surface area contributed by atoms with Crippen LogP contribution < -0.4 is 24.7 Å². The summed E-state index contributed by atoms with van der Waals surface area (Å²) in [6.07, 6.45) is 0. The SMILES string of the molecule is COc1cc(-c2[nH]nc3c2[C@@H](c2ccccc2)C(C#N)=C(N)O3)cc(OC)c1OC. The van der Waals surface area contributed by atoms with Crippen LogP contribution in [0.4, 0.5) is 0 Å². The monoisotopic (exact) mass is 404 g/mol. The second kappa shape index (κ2) is 7.72. The number of allylic oxidation sites excluding steroid dienone is 1. The number of benzene rings is 2. The first-order valence-electron chi connectivity index (χ1n) is 9.14. The summed E-state index contributed by atoms with van der Waals surface area (Å²) in [5.74, 6) is 1.41. The van der Waals surface area contributed by atoms with Crippen LogP contribution >= 0.6 is 0 Å². The van der Waals surface area contributed by atoms with Gasteiger partial charge in [-0.2, -0.15) is 5.26 Å². The minimum absolute atomic E-state index is 0.0433. The van der Waals surface area contributed by atoms with Crippen LogP contribution in [-0.2, 0) is 0 Å². The van der Waals surface area contributed by atoms with Crippen LogP contribution in [0.5, 0.6) is 23.1 Å². The highest BCUT2D eigenvalue weighted by molar-refractivity contribution is 5.75. The van der Waals surface area contributed by atoms with Crippen molar-refractivity contribution in [2.75, 3.05) is 21.3 Å². The van der Waals surface area contributed by atoms with Crippen LogP contribution in [-0.4, -0.2) is 31.5 Å². The quantitative estimate of drug-likeness (QED) is 0.670. The van der Waals surface area contributed by atoms with E-state index in [9.17, 15) is 5.26 Å². The third-order valence-electron chi connectivity index (χ3n) is 5.03. The molecule has 30 heavy (non-hydrogen) atoms. The molecule has 0 saturated heterocycles. The number of aromatic nitrogens is 2. The van der Waals surface area contributed by atoms with E-state index in [1.165, 1.54) is 0 Å². The Kier molecular flexibility index (Phi) is 4.94. The van der Waals surface area contributed by atoms with Gasteiger partial charge in [0.25, 0.3) is 0 Å². The summed E-state index contributed by atoms with van der Waals surface area (Å²) in [5, 5.41) is 17.1. The van der Waals surface area contributed by atoms with Crippen LogP contribution in [0.1, 0.15) is 17.0 Å². The predicted octanol–water partition coefficient (Wildman–Crippen LogP) is 3.32. The van der Waals surface area contributed by atoms with E-state index in [4.69, 9.17) is 24.7 Å². The van der Waals surface area contributed by atoms with Crippen molar-refractivity contribution in [3.63, 3.8) is 0 Å².